The van der Waals surface area contributed by atoms with Crippen molar-refractivity contribution in [1.82, 2.24) is 5.32 Å². The SMILES string of the molecule is C/C1=C2/[N-][C@H]([C@H](CC(N)=O)[C@@]2(C)CCC(=O)NC[C@@H](C)O)[C@]2(C)N=C(/C(C)=C3N=C(/C=C4N=C1[C@@H](CCC(N)=O)C\4(C)C)[C@@H](CCC(N)=O)[C@]\3(C)CC(N)=O)[C@@H](CCC(N)=O)[C@]2(C)CC(N)=O.[Co]. The predicted octanol–water partition coefficient (Wildman–Crippen LogP) is 2.52. The van der Waals surface area contributed by atoms with Crippen LogP contribution < -0.4 is 39.7 Å². The van der Waals surface area contributed by atoms with Crippen LogP contribution in [0.3, 0.4) is 0 Å². The van der Waals surface area contributed by atoms with E-state index in [0.717, 1.165) is 0 Å². The van der Waals surface area contributed by atoms with Gasteiger partial charge in [-0.25, -0.2) is 0 Å². The van der Waals surface area contributed by atoms with Crippen molar-refractivity contribution >= 4 is 58.5 Å². The first-order chi connectivity index (χ1) is 30.9. The minimum atomic E-state index is -1.40. The summed E-state index contributed by atoms with van der Waals surface area (Å²) in [5, 5.41) is 18.3. The van der Waals surface area contributed by atoms with Crippen molar-refractivity contribution in [3.8, 4) is 0 Å². The molecule has 5 aliphatic heterocycles. The van der Waals surface area contributed by atoms with Crippen molar-refractivity contribution in [2.24, 2.45) is 94.7 Å². The van der Waals surface area contributed by atoms with Crippen LogP contribution in [0.5, 0.6) is 0 Å². The molecule has 0 spiro atoms. The molecule has 0 aromatic heterocycles. The molecule has 68 heavy (non-hydrogen) atoms. The number of aliphatic imine (C=N–C) groups is 3. The molecule has 0 aliphatic carbocycles. The molecule has 0 aromatic rings. The van der Waals surface area contributed by atoms with Crippen LogP contribution in [0.1, 0.15) is 133 Å². The summed E-state index contributed by atoms with van der Waals surface area (Å²) in [6.07, 6.45) is 1.02. The fraction of sp³-hybridized carbons (Fsp3) is 0.667. The van der Waals surface area contributed by atoms with Gasteiger partial charge >= 0.3 is 0 Å². The molecule has 0 aromatic carbocycles. The summed E-state index contributed by atoms with van der Waals surface area (Å²) in [7, 11) is 0. The smallest absolute Gasteiger partial charge is 0.220 e. The van der Waals surface area contributed by atoms with Crippen LogP contribution in [-0.2, 0) is 50.3 Å². The first-order valence-electron chi connectivity index (χ1n) is 23.2. The first-order valence-corrected chi connectivity index (χ1v) is 23.2. The summed E-state index contributed by atoms with van der Waals surface area (Å²) in [5.41, 5.74) is 34.4. The quantitative estimate of drug-likeness (QED) is 0.0894. The molecule has 5 heterocycles. The molecular weight excluding hydrogens is 918 g/mol. The van der Waals surface area contributed by atoms with Gasteiger partial charge < -0.3 is 50.1 Å². The molecule has 10 atom stereocenters. The van der Waals surface area contributed by atoms with Crippen molar-refractivity contribution in [1.29, 1.82) is 0 Å². The van der Waals surface area contributed by atoms with Crippen LogP contribution >= 0.6 is 0 Å². The van der Waals surface area contributed by atoms with Gasteiger partial charge in [0.2, 0.25) is 41.4 Å². The molecule has 1 saturated heterocycles. The van der Waals surface area contributed by atoms with Crippen LogP contribution in [0.4, 0.5) is 0 Å². The van der Waals surface area contributed by atoms with Crippen LogP contribution in [-0.4, -0.2) is 87.8 Å². The number of rotatable bonds is 20. The normalized spacial score (nSPS) is 34.6. The second kappa shape index (κ2) is 20.4. The second-order valence-corrected chi connectivity index (χ2v) is 21.1. The van der Waals surface area contributed by atoms with Crippen molar-refractivity contribution in [3.05, 3.63) is 39.6 Å². The van der Waals surface area contributed by atoms with Gasteiger partial charge in [0.1, 0.15) is 0 Å². The zero-order valence-corrected chi connectivity index (χ0v) is 42.0. The Morgan fingerprint density at radius 1 is 0.706 bits per heavy atom. The monoisotopic (exact) mass is 989 g/mol. The Balaban J connectivity index is 0.0000101. The average molecular weight is 990 g/mol. The van der Waals surface area contributed by atoms with Gasteiger partial charge in [-0.05, 0) is 81.9 Å². The second-order valence-electron chi connectivity index (χ2n) is 21.1. The van der Waals surface area contributed by atoms with E-state index in [1.165, 1.54) is 0 Å². The van der Waals surface area contributed by atoms with E-state index in [0.29, 0.717) is 51.8 Å². The maximum absolute atomic E-state index is 13.5. The number of aliphatic hydroxyl groups is 1. The zero-order valence-electron chi connectivity index (χ0n) is 40.9. The van der Waals surface area contributed by atoms with Gasteiger partial charge in [0.25, 0.3) is 0 Å². The largest absolute Gasteiger partial charge is 0.682 e. The number of aliphatic hydroxyl groups excluding tert-OH is 1. The number of nitrogens with zero attached hydrogens (tertiary/aromatic N) is 4. The fourth-order valence-corrected chi connectivity index (χ4v) is 12.2. The van der Waals surface area contributed by atoms with Gasteiger partial charge in [-0.3, -0.25) is 48.5 Å². The van der Waals surface area contributed by atoms with Gasteiger partial charge in [-0.2, -0.15) is 5.70 Å². The Labute approximate surface area is 409 Å². The van der Waals surface area contributed by atoms with Gasteiger partial charge in [-0.1, -0.05) is 40.7 Å². The van der Waals surface area contributed by atoms with Crippen molar-refractivity contribution in [3.63, 3.8) is 0 Å². The van der Waals surface area contributed by atoms with E-state index in [4.69, 9.17) is 54.7 Å². The van der Waals surface area contributed by atoms with E-state index in [1.54, 1.807) is 6.92 Å². The van der Waals surface area contributed by atoms with E-state index in [-0.39, 0.29) is 93.4 Å². The van der Waals surface area contributed by atoms with Gasteiger partial charge in [0.05, 0.1) is 17.3 Å². The van der Waals surface area contributed by atoms with Crippen LogP contribution in [0.25, 0.3) is 5.32 Å². The standard InChI is InChI=1S/C48H73N11O8.Co/c1-23(60)22-55-38(67)16-17-45(6)29(18-35(52)64)43-48(9)47(8,21-37(54)66)28(12-15-34(51)63)40(59-48)25(3)42-46(7,20-36(53)65)26(10-13-32(49)61)30(56-42)19-31-44(4,5)27(11-14-33(50)62)39(57-31)24(2)41(45)58-43;/h19,23,26-29,43,60H,10-18,20-22H2,1-9H3,(H14,49,50,51,52,53,54,55,56,57,58,59,61,62,63,64,65,66,67);/p-1/t23-,26-,27-,28-,29+,43-,45-,46+,47+,48+;/m1./s1. The molecule has 20 heteroatoms. The Morgan fingerprint density at radius 2 is 1.25 bits per heavy atom. The molecule has 0 unspecified atom stereocenters. The molecule has 7 amide bonds. The van der Waals surface area contributed by atoms with Crippen LogP contribution in [0.15, 0.2) is 49.3 Å². The predicted molar refractivity (Wildman–Crippen MR) is 254 cm³/mol. The molecule has 5 rings (SSSR count). The third kappa shape index (κ3) is 10.4. The molecule has 5 aliphatic rings. The van der Waals surface area contributed by atoms with Crippen LogP contribution in [0.2, 0.25) is 0 Å². The number of hydrogen-bond donors (Lipinski definition) is 8. The number of nitrogens with one attached hydrogen (secondary N) is 1. The molecular formula is C48H72CoN11O8-. The zero-order chi connectivity index (χ0) is 50.4. The topological polar surface area (TPSA) is 359 Å². The average Bonchev–Trinajstić information content (AvgIpc) is 3.80. The Morgan fingerprint density at radius 3 is 1.76 bits per heavy atom. The van der Waals surface area contributed by atoms with E-state index in [1.807, 2.05) is 61.5 Å². The van der Waals surface area contributed by atoms with Gasteiger partial charge in [-0.15, -0.1) is 0 Å². The summed E-state index contributed by atoms with van der Waals surface area (Å²) < 4.78 is 0. The number of allylic oxidation sites excluding steroid dienone is 6. The summed E-state index contributed by atoms with van der Waals surface area (Å²) in [4.78, 5) is 108. The number of carbonyl (C=O) groups excluding carboxylic acids is 7. The molecule has 1 fully saturated rings. The summed E-state index contributed by atoms with van der Waals surface area (Å²) in [6, 6.07) is -0.923. The fourth-order valence-electron chi connectivity index (χ4n) is 12.2. The summed E-state index contributed by atoms with van der Waals surface area (Å²) in [5.74, 6) is -6.42. The Bertz CT molecular complexity index is 2320. The van der Waals surface area contributed by atoms with Gasteiger partial charge in [0.15, 0.2) is 0 Å². The van der Waals surface area contributed by atoms with Gasteiger partial charge in [0, 0.05) is 125 Å². The number of nitrogens with two attached hydrogens (primary N) is 6. The minimum Gasteiger partial charge on any atom is -0.682 e. The minimum absolute atomic E-state index is 0. The molecule has 19 nitrogen and oxygen atoms in total. The maximum atomic E-state index is 13.5. The number of fused-ring (bicyclic) bond motifs is 6. The number of carbonyl (C=O) groups is 7. The third-order valence-electron chi connectivity index (χ3n) is 16.0. The summed E-state index contributed by atoms with van der Waals surface area (Å²) >= 11 is 0. The third-order valence-corrected chi connectivity index (χ3v) is 16.0. The number of amides is 7. The maximum Gasteiger partial charge on any atom is 0.220 e. The van der Waals surface area contributed by atoms with E-state index in [2.05, 4.69) is 5.32 Å². The number of primary amides is 6. The van der Waals surface area contributed by atoms with E-state index < -0.39 is 98.5 Å². The molecule has 8 bridgehead atoms. The van der Waals surface area contributed by atoms with Crippen LogP contribution in [0, 0.1) is 45.3 Å². The van der Waals surface area contributed by atoms with Crippen molar-refractivity contribution in [2.75, 3.05) is 6.54 Å². The van der Waals surface area contributed by atoms with E-state index in [9.17, 15) is 38.7 Å². The van der Waals surface area contributed by atoms with Crippen molar-refractivity contribution in [2.45, 2.75) is 151 Å². The molecule has 0 saturated carbocycles. The first kappa shape index (κ1) is 55.4. The Hall–Kier alpha value is -5.21. The van der Waals surface area contributed by atoms with Crippen molar-refractivity contribution < 1.29 is 55.4 Å². The van der Waals surface area contributed by atoms with E-state index >= 15 is 0 Å². The molecule has 1 radical (unpaired) electrons. The molecule has 14 N–H and O–H groups in total. The number of hydrogen-bond acceptors (Lipinski definition) is 11. The molecule has 377 valence electrons. The summed E-state index contributed by atoms with van der Waals surface area (Å²) in [6.45, 7) is 16.8. The Kier molecular flexibility index (Phi) is 16.6.